The van der Waals surface area contributed by atoms with Crippen molar-refractivity contribution < 1.29 is 14.6 Å². The number of aliphatic hydroxyl groups is 1. The zero-order valence-corrected chi connectivity index (χ0v) is 13.5. The summed E-state index contributed by atoms with van der Waals surface area (Å²) < 4.78 is 5.47. The minimum Gasteiger partial charge on any atom is -0.444 e. The summed E-state index contributed by atoms with van der Waals surface area (Å²) in [6, 6.07) is 5.31. The highest BCUT2D eigenvalue weighted by atomic mass is 35.5. The molecule has 0 bridgehead atoms. The number of carbonyl (C=O) groups excluding carboxylic acids is 1. The van der Waals surface area contributed by atoms with Crippen LogP contribution in [-0.2, 0) is 11.3 Å². The maximum absolute atomic E-state index is 12.3. The van der Waals surface area contributed by atoms with Gasteiger partial charge in [0, 0.05) is 11.6 Å². The Balaban J connectivity index is 2.26. The average Bonchev–Trinajstić information content (AvgIpc) is 2.85. The van der Waals surface area contributed by atoms with Crippen molar-refractivity contribution >= 4 is 17.7 Å². The SMILES string of the molecule is CC(C)(C)OC(=O)N1CCCC1c1cc(Cl)ccc1CO. The maximum Gasteiger partial charge on any atom is 0.410 e. The van der Waals surface area contributed by atoms with Crippen LogP contribution in [0.15, 0.2) is 18.2 Å². The van der Waals surface area contributed by atoms with E-state index in [4.69, 9.17) is 16.3 Å². The van der Waals surface area contributed by atoms with Crippen LogP contribution in [0.2, 0.25) is 5.02 Å². The van der Waals surface area contributed by atoms with E-state index in [9.17, 15) is 9.90 Å². The lowest BCUT2D eigenvalue weighted by Gasteiger charge is -2.29. The van der Waals surface area contributed by atoms with Crippen LogP contribution < -0.4 is 0 Å². The third kappa shape index (κ3) is 3.89. The van der Waals surface area contributed by atoms with E-state index in [1.54, 1.807) is 11.0 Å². The quantitative estimate of drug-likeness (QED) is 0.901. The van der Waals surface area contributed by atoms with Crippen molar-refractivity contribution in [2.75, 3.05) is 6.54 Å². The number of aliphatic hydroxyl groups excluding tert-OH is 1. The summed E-state index contributed by atoms with van der Waals surface area (Å²) in [6.07, 6.45) is 1.46. The molecule has 4 nitrogen and oxygen atoms in total. The molecular weight excluding hydrogens is 290 g/mol. The topological polar surface area (TPSA) is 49.8 Å². The number of ether oxygens (including phenoxy) is 1. The van der Waals surface area contributed by atoms with E-state index in [0.29, 0.717) is 11.6 Å². The largest absolute Gasteiger partial charge is 0.444 e. The van der Waals surface area contributed by atoms with E-state index in [-0.39, 0.29) is 18.7 Å². The van der Waals surface area contributed by atoms with Crippen LogP contribution >= 0.6 is 11.6 Å². The van der Waals surface area contributed by atoms with Gasteiger partial charge in [-0.05, 0) is 56.9 Å². The molecule has 21 heavy (non-hydrogen) atoms. The third-order valence-corrected chi connectivity index (χ3v) is 3.75. The van der Waals surface area contributed by atoms with Crippen LogP contribution in [0.3, 0.4) is 0 Å². The molecule has 2 rings (SSSR count). The molecule has 1 amide bonds. The Bertz CT molecular complexity index is 525. The van der Waals surface area contributed by atoms with Crippen molar-refractivity contribution in [3.63, 3.8) is 0 Å². The first-order valence-electron chi connectivity index (χ1n) is 7.20. The van der Waals surface area contributed by atoms with Crippen LogP contribution in [-0.4, -0.2) is 28.2 Å². The van der Waals surface area contributed by atoms with E-state index in [1.165, 1.54) is 0 Å². The molecule has 0 aromatic heterocycles. The zero-order valence-electron chi connectivity index (χ0n) is 12.7. The van der Waals surface area contributed by atoms with E-state index in [1.807, 2.05) is 32.9 Å². The van der Waals surface area contributed by atoms with Crippen LogP contribution in [0.25, 0.3) is 0 Å². The molecule has 1 heterocycles. The van der Waals surface area contributed by atoms with Crippen molar-refractivity contribution in [1.29, 1.82) is 0 Å². The van der Waals surface area contributed by atoms with Gasteiger partial charge >= 0.3 is 6.09 Å². The van der Waals surface area contributed by atoms with Gasteiger partial charge in [-0.1, -0.05) is 17.7 Å². The average molecular weight is 312 g/mol. The molecule has 1 N–H and O–H groups in total. The Kier molecular flexibility index (Phi) is 4.79. The summed E-state index contributed by atoms with van der Waals surface area (Å²) in [5.74, 6) is 0. The Morgan fingerprint density at radius 2 is 2.19 bits per heavy atom. The highest BCUT2D eigenvalue weighted by Gasteiger charge is 2.34. The Labute approximate surface area is 130 Å². The third-order valence-electron chi connectivity index (χ3n) is 3.52. The summed E-state index contributed by atoms with van der Waals surface area (Å²) >= 11 is 6.07. The molecule has 1 aromatic carbocycles. The molecule has 1 aromatic rings. The van der Waals surface area contributed by atoms with Gasteiger partial charge < -0.3 is 14.7 Å². The number of hydrogen-bond acceptors (Lipinski definition) is 3. The number of amides is 1. The second-order valence-corrected chi connectivity index (χ2v) is 6.77. The molecule has 1 saturated heterocycles. The van der Waals surface area contributed by atoms with Gasteiger partial charge in [0.15, 0.2) is 0 Å². The van der Waals surface area contributed by atoms with Crippen LogP contribution in [0.4, 0.5) is 4.79 Å². The van der Waals surface area contributed by atoms with Crippen LogP contribution in [0.5, 0.6) is 0 Å². The van der Waals surface area contributed by atoms with Gasteiger partial charge in [-0.15, -0.1) is 0 Å². The molecule has 1 unspecified atom stereocenters. The number of nitrogens with zero attached hydrogens (tertiary/aromatic N) is 1. The number of likely N-dealkylation sites (tertiary alicyclic amines) is 1. The van der Waals surface area contributed by atoms with Crippen molar-refractivity contribution in [3.05, 3.63) is 34.3 Å². The van der Waals surface area contributed by atoms with Crippen LogP contribution in [0.1, 0.15) is 50.8 Å². The first-order valence-corrected chi connectivity index (χ1v) is 7.58. The molecule has 116 valence electrons. The van der Waals surface area contributed by atoms with Crippen LogP contribution in [0, 0.1) is 0 Å². The van der Waals surface area contributed by atoms with E-state index in [0.717, 1.165) is 24.0 Å². The molecule has 5 heteroatoms. The van der Waals surface area contributed by atoms with Crippen molar-refractivity contribution in [2.45, 2.75) is 51.9 Å². The Morgan fingerprint density at radius 1 is 1.48 bits per heavy atom. The zero-order chi connectivity index (χ0) is 15.6. The number of carbonyl (C=O) groups is 1. The molecule has 1 fully saturated rings. The van der Waals surface area contributed by atoms with Gasteiger partial charge in [0.1, 0.15) is 5.60 Å². The number of benzene rings is 1. The van der Waals surface area contributed by atoms with Crippen molar-refractivity contribution in [2.24, 2.45) is 0 Å². The molecular formula is C16H22ClNO3. The molecule has 0 aliphatic carbocycles. The number of hydrogen-bond donors (Lipinski definition) is 1. The molecule has 1 aliphatic rings. The molecule has 0 radical (unpaired) electrons. The molecule has 1 atom stereocenters. The second-order valence-electron chi connectivity index (χ2n) is 6.33. The fourth-order valence-corrected chi connectivity index (χ4v) is 2.83. The van der Waals surface area contributed by atoms with Crippen molar-refractivity contribution in [1.82, 2.24) is 4.90 Å². The highest BCUT2D eigenvalue weighted by Crippen LogP contribution is 2.36. The first-order chi connectivity index (χ1) is 9.81. The fourth-order valence-electron chi connectivity index (χ4n) is 2.65. The van der Waals surface area contributed by atoms with E-state index in [2.05, 4.69) is 0 Å². The van der Waals surface area contributed by atoms with Gasteiger partial charge in [-0.2, -0.15) is 0 Å². The molecule has 0 saturated carbocycles. The normalized spacial score (nSPS) is 18.9. The van der Waals surface area contributed by atoms with Gasteiger partial charge in [-0.3, -0.25) is 0 Å². The second kappa shape index (κ2) is 6.24. The monoisotopic (exact) mass is 311 g/mol. The standard InChI is InChI=1S/C16H22ClNO3/c1-16(2,3)21-15(20)18-8-4-5-14(18)13-9-12(17)7-6-11(13)10-19/h6-7,9,14,19H,4-5,8,10H2,1-3H3. The molecule has 0 spiro atoms. The predicted octanol–water partition coefficient (Wildman–Crippen LogP) is 3.90. The summed E-state index contributed by atoms with van der Waals surface area (Å²) in [5, 5.41) is 10.1. The number of rotatable bonds is 2. The maximum atomic E-state index is 12.3. The van der Waals surface area contributed by atoms with E-state index >= 15 is 0 Å². The van der Waals surface area contributed by atoms with Gasteiger partial charge in [0.25, 0.3) is 0 Å². The minimum absolute atomic E-state index is 0.0643. The molecule has 1 aliphatic heterocycles. The predicted molar refractivity (Wildman–Crippen MR) is 82.3 cm³/mol. The number of halogens is 1. The summed E-state index contributed by atoms with van der Waals surface area (Å²) in [7, 11) is 0. The lowest BCUT2D eigenvalue weighted by Crippen LogP contribution is -2.36. The lowest BCUT2D eigenvalue weighted by molar-refractivity contribution is 0.0223. The smallest absolute Gasteiger partial charge is 0.410 e. The Hall–Kier alpha value is -1.26. The Morgan fingerprint density at radius 3 is 2.81 bits per heavy atom. The summed E-state index contributed by atoms with van der Waals surface area (Å²) in [4.78, 5) is 14.1. The van der Waals surface area contributed by atoms with Gasteiger partial charge in [-0.25, -0.2) is 4.79 Å². The van der Waals surface area contributed by atoms with Crippen molar-refractivity contribution in [3.8, 4) is 0 Å². The minimum atomic E-state index is -0.516. The summed E-state index contributed by atoms with van der Waals surface area (Å²) in [5.41, 5.74) is 1.20. The van der Waals surface area contributed by atoms with E-state index < -0.39 is 5.60 Å². The highest BCUT2D eigenvalue weighted by molar-refractivity contribution is 6.30. The summed E-state index contributed by atoms with van der Waals surface area (Å²) in [6.45, 7) is 6.17. The van der Waals surface area contributed by atoms with Gasteiger partial charge in [0.05, 0.1) is 12.6 Å². The lowest BCUT2D eigenvalue weighted by atomic mass is 9.99. The fraction of sp³-hybridized carbons (Fsp3) is 0.562. The van der Waals surface area contributed by atoms with Gasteiger partial charge in [0.2, 0.25) is 0 Å². The first kappa shape index (κ1) is 16.1.